The number of carboxylic acids is 1. The molecule has 3 heteroatoms. The van der Waals surface area contributed by atoms with E-state index in [0.717, 1.165) is 36.0 Å². The molecule has 2 aliphatic carbocycles. The molecule has 4 rings (SSSR count). The van der Waals surface area contributed by atoms with Gasteiger partial charge in [0.25, 0.3) is 0 Å². The van der Waals surface area contributed by atoms with E-state index in [4.69, 9.17) is 0 Å². The van der Waals surface area contributed by atoms with Gasteiger partial charge in [0.1, 0.15) is 5.75 Å². The molecule has 1 fully saturated rings. The van der Waals surface area contributed by atoms with E-state index in [-0.39, 0.29) is 5.75 Å². The third kappa shape index (κ3) is 4.10. The van der Waals surface area contributed by atoms with Gasteiger partial charge < -0.3 is 10.2 Å². The number of aryl methyl sites for hydroxylation is 1. The van der Waals surface area contributed by atoms with Gasteiger partial charge in [0.15, 0.2) is 0 Å². The number of benzene rings is 2. The lowest BCUT2D eigenvalue weighted by atomic mass is 9.69. The Balaban J connectivity index is 1.87. The van der Waals surface area contributed by atoms with Gasteiger partial charge in [0.2, 0.25) is 0 Å². The first kappa shape index (κ1) is 19.8. The number of hydrogen-bond acceptors (Lipinski definition) is 2. The second-order valence-corrected chi connectivity index (χ2v) is 9.42. The number of fused-ring (bicyclic) bond motifs is 1. The van der Waals surface area contributed by atoms with Gasteiger partial charge in [-0.1, -0.05) is 37.6 Å². The first-order valence-corrected chi connectivity index (χ1v) is 10.7. The highest BCUT2D eigenvalue weighted by atomic mass is 16.4. The van der Waals surface area contributed by atoms with Crippen LogP contribution in [0.5, 0.6) is 5.75 Å². The van der Waals surface area contributed by atoms with Crippen LogP contribution >= 0.6 is 0 Å². The van der Waals surface area contributed by atoms with Crippen LogP contribution in [0.2, 0.25) is 0 Å². The molecule has 0 aromatic heterocycles. The molecular formula is C26H30O3. The second kappa shape index (κ2) is 7.70. The Morgan fingerprint density at radius 2 is 1.79 bits per heavy atom. The van der Waals surface area contributed by atoms with Crippen LogP contribution in [0.3, 0.4) is 0 Å². The minimum absolute atomic E-state index is 0.270. The molecule has 3 nitrogen and oxygen atoms in total. The molecular weight excluding hydrogens is 360 g/mol. The molecule has 0 bridgehead atoms. The van der Waals surface area contributed by atoms with Crippen LogP contribution in [-0.4, -0.2) is 16.2 Å². The minimum atomic E-state index is -0.880. The zero-order chi connectivity index (χ0) is 20.6. The summed E-state index contributed by atoms with van der Waals surface area (Å²) in [6.45, 7) is 4.73. The Morgan fingerprint density at radius 3 is 2.48 bits per heavy atom. The minimum Gasteiger partial charge on any atom is -0.508 e. The van der Waals surface area contributed by atoms with E-state index in [9.17, 15) is 15.0 Å². The molecule has 0 atom stereocenters. The number of aromatic hydroxyl groups is 1. The number of phenols is 1. The molecule has 152 valence electrons. The fraction of sp³-hybridized carbons (Fsp3) is 0.423. The average Bonchev–Trinajstić information content (AvgIpc) is 2.87. The summed E-state index contributed by atoms with van der Waals surface area (Å²) in [7, 11) is 0. The molecule has 2 N–H and O–H groups in total. The molecule has 2 aromatic rings. The Bertz CT molecular complexity index is 958. The Hall–Kier alpha value is -2.55. The zero-order valence-corrected chi connectivity index (χ0v) is 17.4. The van der Waals surface area contributed by atoms with Crippen molar-refractivity contribution in [3.63, 3.8) is 0 Å². The number of carbonyl (C=O) groups is 1. The van der Waals surface area contributed by atoms with Crippen LogP contribution in [0.4, 0.5) is 0 Å². The van der Waals surface area contributed by atoms with Crippen molar-refractivity contribution in [1.82, 2.24) is 0 Å². The van der Waals surface area contributed by atoms with Crippen molar-refractivity contribution < 1.29 is 15.0 Å². The predicted molar refractivity (Wildman–Crippen MR) is 116 cm³/mol. The number of rotatable bonds is 3. The van der Waals surface area contributed by atoms with Gasteiger partial charge in [0.05, 0.1) is 5.56 Å². The van der Waals surface area contributed by atoms with E-state index in [1.54, 1.807) is 12.1 Å². The third-order valence-electron chi connectivity index (χ3n) is 6.80. The van der Waals surface area contributed by atoms with Crippen LogP contribution in [0, 0.1) is 11.3 Å². The fourth-order valence-corrected chi connectivity index (χ4v) is 5.10. The molecule has 0 heterocycles. The molecule has 0 saturated heterocycles. The Kier molecular flexibility index (Phi) is 5.24. The summed E-state index contributed by atoms with van der Waals surface area (Å²) in [6, 6.07) is 13.1. The van der Waals surface area contributed by atoms with Crippen LogP contribution in [0.1, 0.15) is 79.4 Å². The summed E-state index contributed by atoms with van der Waals surface area (Å²) in [5.41, 5.74) is 6.76. The summed E-state index contributed by atoms with van der Waals surface area (Å²) in [5.74, 6) is -0.0489. The first-order valence-electron chi connectivity index (χ1n) is 10.7. The SMILES string of the molecule is CC1(C)CCC(C2=C(c3cccc(O)c3)c3ccc(C(=O)O)cc3CCC2)CC1. The summed E-state index contributed by atoms with van der Waals surface area (Å²) < 4.78 is 0. The van der Waals surface area contributed by atoms with Crippen molar-refractivity contribution in [1.29, 1.82) is 0 Å². The van der Waals surface area contributed by atoms with Crippen LogP contribution in [0.25, 0.3) is 5.57 Å². The third-order valence-corrected chi connectivity index (χ3v) is 6.80. The fourth-order valence-electron chi connectivity index (χ4n) is 5.10. The molecule has 0 unspecified atom stereocenters. The smallest absolute Gasteiger partial charge is 0.335 e. The monoisotopic (exact) mass is 390 g/mol. The lowest BCUT2D eigenvalue weighted by molar-refractivity contribution is 0.0696. The van der Waals surface area contributed by atoms with Crippen LogP contribution in [0.15, 0.2) is 48.0 Å². The van der Waals surface area contributed by atoms with Crippen molar-refractivity contribution in [2.24, 2.45) is 11.3 Å². The molecule has 0 amide bonds. The molecule has 2 aromatic carbocycles. The summed E-state index contributed by atoms with van der Waals surface area (Å²) >= 11 is 0. The summed E-state index contributed by atoms with van der Waals surface area (Å²) in [6.07, 6.45) is 7.83. The van der Waals surface area contributed by atoms with Crippen LogP contribution < -0.4 is 0 Å². The summed E-state index contributed by atoms with van der Waals surface area (Å²) in [4.78, 5) is 11.5. The summed E-state index contributed by atoms with van der Waals surface area (Å²) in [5, 5.41) is 19.6. The van der Waals surface area contributed by atoms with Gasteiger partial charge in [-0.3, -0.25) is 0 Å². The normalized spacial score (nSPS) is 19.5. The van der Waals surface area contributed by atoms with E-state index in [0.29, 0.717) is 16.9 Å². The first-order chi connectivity index (χ1) is 13.8. The van der Waals surface area contributed by atoms with Crippen molar-refractivity contribution in [3.05, 3.63) is 70.3 Å². The van der Waals surface area contributed by atoms with Crippen molar-refractivity contribution in [2.75, 3.05) is 0 Å². The molecule has 29 heavy (non-hydrogen) atoms. The van der Waals surface area contributed by atoms with E-state index >= 15 is 0 Å². The highest BCUT2D eigenvalue weighted by Crippen LogP contribution is 2.46. The molecule has 0 spiro atoms. The number of carboxylic acid groups (broad SMARTS) is 1. The number of hydrogen-bond donors (Lipinski definition) is 2. The van der Waals surface area contributed by atoms with Gasteiger partial charge in [0, 0.05) is 0 Å². The van der Waals surface area contributed by atoms with Gasteiger partial charge in [-0.05, 0) is 103 Å². The van der Waals surface area contributed by atoms with Gasteiger partial charge in [-0.25, -0.2) is 4.79 Å². The van der Waals surface area contributed by atoms with Gasteiger partial charge in [-0.2, -0.15) is 0 Å². The van der Waals surface area contributed by atoms with E-state index in [2.05, 4.69) is 19.9 Å². The van der Waals surface area contributed by atoms with Crippen molar-refractivity contribution in [3.8, 4) is 5.75 Å². The average molecular weight is 391 g/mol. The van der Waals surface area contributed by atoms with Gasteiger partial charge >= 0.3 is 5.97 Å². The maximum absolute atomic E-state index is 11.5. The molecule has 0 radical (unpaired) electrons. The topological polar surface area (TPSA) is 57.5 Å². The van der Waals surface area contributed by atoms with Crippen molar-refractivity contribution in [2.45, 2.75) is 58.8 Å². The lowest BCUT2D eigenvalue weighted by Crippen LogP contribution is -2.23. The number of phenolic OH excluding ortho intramolecular Hbond substituents is 1. The number of allylic oxidation sites excluding steroid dienone is 1. The maximum atomic E-state index is 11.5. The highest BCUT2D eigenvalue weighted by Gasteiger charge is 2.31. The molecule has 1 saturated carbocycles. The predicted octanol–water partition coefficient (Wildman–Crippen LogP) is 6.45. The standard InChI is InChI=1S/C26H30O3/c1-26(2)13-11-17(12-14-26)22-8-4-5-18-15-20(25(28)29)9-10-23(18)24(22)19-6-3-7-21(27)16-19/h3,6-7,9-10,15-17,27H,4-5,8,11-14H2,1-2H3,(H,28,29). The molecule has 0 aliphatic heterocycles. The number of aromatic carboxylic acids is 1. The quantitative estimate of drug-likeness (QED) is 0.633. The van der Waals surface area contributed by atoms with Gasteiger partial charge in [-0.15, -0.1) is 0 Å². The largest absolute Gasteiger partial charge is 0.508 e. The van der Waals surface area contributed by atoms with E-state index in [1.165, 1.54) is 36.8 Å². The van der Waals surface area contributed by atoms with E-state index < -0.39 is 5.97 Å². The molecule has 2 aliphatic rings. The highest BCUT2D eigenvalue weighted by molar-refractivity contribution is 5.90. The Labute approximate surface area is 173 Å². The maximum Gasteiger partial charge on any atom is 0.335 e. The van der Waals surface area contributed by atoms with Crippen molar-refractivity contribution >= 4 is 11.5 Å². The zero-order valence-electron chi connectivity index (χ0n) is 17.4. The lowest BCUT2D eigenvalue weighted by Gasteiger charge is -2.36. The second-order valence-electron chi connectivity index (χ2n) is 9.42. The van der Waals surface area contributed by atoms with E-state index in [1.807, 2.05) is 24.3 Å². The Morgan fingerprint density at radius 1 is 1.03 bits per heavy atom. The van der Waals surface area contributed by atoms with Crippen LogP contribution in [-0.2, 0) is 6.42 Å².